The van der Waals surface area contributed by atoms with Crippen LogP contribution in [0.1, 0.15) is 54.4 Å². The van der Waals surface area contributed by atoms with Gasteiger partial charge in [0.2, 0.25) is 0 Å². The van der Waals surface area contributed by atoms with Crippen LogP contribution >= 0.6 is 0 Å². The Morgan fingerprint density at radius 3 is 1.73 bits per heavy atom. The van der Waals surface area contributed by atoms with Gasteiger partial charge < -0.3 is 5.11 Å². The molecule has 1 nitrogen and oxygen atoms in total. The highest BCUT2D eigenvalue weighted by Gasteiger charge is 3.11. The van der Waals surface area contributed by atoms with Crippen molar-refractivity contribution in [3.05, 3.63) is 0 Å². The first-order chi connectivity index (χ1) is 11.3. The van der Waals surface area contributed by atoms with Gasteiger partial charge in [0.25, 0.3) is 5.60 Å². The molecule has 0 aliphatic heterocycles. The predicted molar refractivity (Wildman–Crippen MR) is 83.0 cm³/mol. The molecule has 0 bridgehead atoms. The van der Waals surface area contributed by atoms with Gasteiger partial charge in [-0.2, -0.15) is 26.3 Å². The molecule has 0 saturated heterocycles. The van der Waals surface area contributed by atoms with Gasteiger partial charge in [0.05, 0.1) is 0 Å². The molecule has 4 aliphatic carbocycles. The van der Waals surface area contributed by atoms with Crippen molar-refractivity contribution < 1.29 is 31.4 Å². The lowest BCUT2D eigenvalue weighted by Crippen LogP contribution is -2.62. The number of halogens is 6. The maximum Gasteiger partial charge on any atom is 0.426 e. The molecule has 4 aliphatic rings. The van der Waals surface area contributed by atoms with Crippen LogP contribution in [0.3, 0.4) is 0 Å². The normalized spacial score (nSPS) is 48.6. The zero-order chi connectivity index (χ0) is 20.1. The fourth-order valence-electron chi connectivity index (χ4n) is 8.40. The Morgan fingerprint density at radius 2 is 1.35 bits per heavy atom. The van der Waals surface area contributed by atoms with E-state index in [1.165, 1.54) is 0 Å². The van der Waals surface area contributed by atoms with E-state index in [0.717, 1.165) is 0 Å². The van der Waals surface area contributed by atoms with Crippen LogP contribution in [0.15, 0.2) is 0 Å². The molecule has 6 atom stereocenters. The molecule has 0 aromatic heterocycles. The van der Waals surface area contributed by atoms with Gasteiger partial charge in [0.15, 0.2) is 0 Å². The Hall–Kier alpha value is -0.460. The standard InChI is InChI=1S/C19H26F6O/c1-12(2,3)14(6)11-10-13(4,5)15(10)7-9(17(11,14)15)8-16(26,18(20,21)22)19(23,24)25/h9-11,26H,7-8H2,1-6H3/t9?,10-,11?,14?,15?,17?/m1/s1. The smallest absolute Gasteiger partial charge is 0.374 e. The van der Waals surface area contributed by atoms with Crippen LogP contribution in [0.5, 0.6) is 0 Å². The molecule has 26 heavy (non-hydrogen) atoms. The lowest BCUT2D eigenvalue weighted by Gasteiger charge is -2.59. The third kappa shape index (κ3) is 1.37. The molecule has 4 rings (SSSR count). The van der Waals surface area contributed by atoms with E-state index in [2.05, 4.69) is 13.8 Å². The van der Waals surface area contributed by atoms with Crippen molar-refractivity contribution in [1.29, 1.82) is 0 Å². The van der Waals surface area contributed by atoms with Crippen molar-refractivity contribution in [2.75, 3.05) is 0 Å². The Balaban J connectivity index is 1.71. The van der Waals surface area contributed by atoms with Gasteiger partial charge in [-0.15, -0.1) is 0 Å². The van der Waals surface area contributed by atoms with Crippen molar-refractivity contribution in [3.8, 4) is 0 Å². The molecule has 4 fully saturated rings. The summed E-state index contributed by atoms with van der Waals surface area (Å²) < 4.78 is 79.3. The molecule has 4 saturated carbocycles. The predicted octanol–water partition coefficient (Wildman–Crippen LogP) is 5.58. The summed E-state index contributed by atoms with van der Waals surface area (Å²) in [5.74, 6) is -0.196. The molecule has 0 aromatic carbocycles. The van der Waals surface area contributed by atoms with E-state index in [-0.39, 0.29) is 27.6 Å². The van der Waals surface area contributed by atoms with Crippen LogP contribution in [-0.4, -0.2) is 23.1 Å². The number of alkyl halides is 6. The van der Waals surface area contributed by atoms with Crippen LogP contribution in [0.4, 0.5) is 26.3 Å². The van der Waals surface area contributed by atoms with E-state index in [9.17, 15) is 31.4 Å². The first-order valence-corrected chi connectivity index (χ1v) is 9.16. The molecule has 0 heterocycles. The average molecular weight is 384 g/mol. The topological polar surface area (TPSA) is 20.2 Å². The van der Waals surface area contributed by atoms with Gasteiger partial charge in [0.1, 0.15) is 0 Å². The summed E-state index contributed by atoms with van der Waals surface area (Å²) in [6.07, 6.45) is -12.4. The van der Waals surface area contributed by atoms with E-state index in [1.54, 1.807) is 0 Å². The molecule has 1 N–H and O–H groups in total. The Labute approximate surface area is 149 Å². The maximum absolute atomic E-state index is 13.2. The highest BCUT2D eigenvalue weighted by molar-refractivity contribution is 5.57. The van der Waals surface area contributed by atoms with E-state index < -0.39 is 35.7 Å². The number of hydrogen-bond acceptors (Lipinski definition) is 1. The third-order valence-corrected chi connectivity index (χ3v) is 9.59. The van der Waals surface area contributed by atoms with E-state index in [0.29, 0.717) is 12.3 Å². The third-order valence-electron chi connectivity index (χ3n) is 9.59. The second-order valence-corrected chi connectivity index (χ2v) is 10.9. The summed E-state index contributed by atoms with van der Waals surface area (Å²) in [5.41, 5.74) is -5.75. The fourth-order valence-corrected chi connectivity index (χ4v) is 8.40. The molecular weight excluding hydrogens is 358 g/mol. The van der Waals surface area contributed by atoms with Crippen LogP contribution in [0.25, 0.3) is 0 Å². The summed E-state index contributed by atoms with van der Waals surface area (Å²) in [5, 5.41) is 9.73. The SMILES string of the molecule is CC(C)(C)C1(C)C2[C@@H]3C(C)(C)C34CC(CC(O)(C(F)(F)F)C(F)(F)F)C214. The van der Waals surface area contributed by atoms with Gasteiger partial charge in [-0.1, -0.05) is 41.5 Å². The molecule has 5 unspecified atom stereocenters. The quantitative estimate of drug-likeness (QED) is 0.617. The van der Waals surface area contributed by atoms with Gasteiger partial charge >= 0.3 is 12.4 Å². The summed E-state index contributed by atoms with van der Waals surface area (Å²) >= 11 is 0. The van der Waals surface area contributed by atoms with Crippen molar-refractivity contribution in [3.63, 3.8) is 0 Å². The second kappa shape index (κ2) is 3.97. The van der Waals surface area contributed by atoms with Gasteiger partial charge in [-0.25, -0.2) is 0 Å². The molecule has 150 valence electrons. The van der Waals surface area contributed by atoms with Crippen molar-refractivity contribution >= 4 is 0 Å². The summed E-state index contributed by atoms with van der Waals surface area (Å²) in [7, 11) is 0. The zero-order valence-electron chi connectivity index (χ0n) is 15.9. The van der Waals surface area contributed by atoms with Crippen molar-refractivity contribution in [1.82, 2.24) is 0 Å². The lowest BCUT2D eigenvalue weighted by atomic mass is 9.45. The number of fused-ring (bicyclic) bond motifs is 1. The van der Waals surface area contributed by atoms with Crippen molar-refractivity contribution in [2.45, 2.75) is 72.3 Å². The first-order valence-electron chi connectivity index (χ1n) is 9.16. The number of rotatable bonds is 2. The number of hydrogen-bond donors (Lipinski definition) is 1. The monoisotopic (exact) mass is 384 g/mol. The Bertz CT molecular complexity index is 672. The summed E-state index contributed by atoms with van der Waals surface area (Å²) in [4.78, 5) is 0. The minimum Gasteiger partial charge on any atom is -0.374 e. The van der Waals surface area contributed by atoms with Crippen molar-refractivity contribution in [2.24, 2.45) is 44.8 Å². The number of aliphatic hydroxyl groups is 1. The van der Waals surface area contributed by atoms with Gasteiger partial charge in [0, 0.05) is 0 Å². The van der Waals surface area contributed by atoms with Gasteiger partial charge in [-0.3, -0.25) is 0 Å². The molecule has 0 aromatic rings. The highest BCUT2D eigenvalue weighted by Crippen LogP contribution is 3.14. The second-order valence-electron chi connectivity index (χ2n) is 10.9. The zero-order valence-corrected chi connectivity index (χ0v) is 15.9. The molecule has 0 radical (unpaired) electrons. The molecule has 2 spiro atoms. The first kappa shape index (κ1) is 18.9. The summed E-state index contributed by atoms with van der Waals surface area (Å²) in [6, 6.07) is 0. The average Bonchev–Trinajstić information content (AvgIpc) is 3.09. The van der Waals surface area contributed by atoms with Crippen LogP contribution in [0, 0.1) is 44.8 Å². The molecule has 0 amide bonds. The maximum atomic E-state index is 13.2. The minimum atomic E-state index is -5.73. The molecule has 7 heteroatoms. The van der Waals surface area contributed by atoms with E-state index in [1.807, 2.05) is 27.7 Å². The lowest BCUT2D eigenvalue weighted by molar-refractivity contribution is -0.378. The van der Waals surface area contributed by atoms with Gasteiger partial charge in [-0.05, 0) is 57.7 Å². The largest absolute Gasteiger partial charge is 0.426 e. The highest BCUT2D eigenvalue weighted by atomic mass is 19.4. The summed E-state index contributed by atoms with van der Waals surface area (Å²) in [6.45, 7) is 12.3. The Kier molecular flexibility index (Phi) is 2.88. The molecular formula is C19H26F6O. The van der Waals surface area contributed by atoms with E-state index >= 15 is 0 Å². The van der Waals surface area contributed by atoms with Crippen LogP contribution < -0.4 is 0 Å². The van der Waals surface area contributed by atoms with Crippen LogP contribution in [-0.2, 0) is 0 Å². The Morgan fingerprint density at radius 1 is 0.885 bits per heavy atom. The van der Waals surface area contributed by atoms with Crippen LogP contribution in [0.2, 0.25) is 0 Å². The fraction of sp³-hybridized carbons (Fsp3) is 1.00. The minimum absolute atomic E-state index is 0.0203. The van der Waals surface area contributed by atoms with E-state index in [4.69, 9.17) is 0 Å².